The minimum absolute atomic E-state index is 0.108. The SMILES string of the molecule is C/C=C/CC[C@H]1CCc2c(ccc3c2CC[C@H](c2ccc(OC(F)(F)F)c(F)c2)C3)C1. The van der Waals surface area contributed by atoms with E-state index in [2.05, 4.69) is 35.9 Å². The molecule has 0 heterocycles. The second-order valence-electron chi connectivity index (χ2n) is 8.77. The van der Waals surface area contributed by atoms with E-state index >= 15 is 0 Å². The van der Waals surface area contributed by atoms with Crippen LogP contribution in [0.5, 0.6) is 5.75 Å². The van der Waals surface area contributed by atoms with Crippen molar-refractivity contribution in [2.24, 2.45) is 5.92 Å². The zero-order valence-electron chi connectivity index (χ0n) is 17.8. The molecule has 0 aromatic heterocycles. The Morgan fingerprint density at radius 3 is 2.39 bits per heavy atom. The second kappa shape index (κ2) is 9.05. The van der Waals surface area contributed by atoms with Crippen molar-refractivity contribution in [2.75, 3.05) is 0 Å². The van der Waals surface area contributed by atoms with Crippen LogP contribution in [0, 0.1) is 11.7 Å². The fourth-order valence-corrected chi connectivity index (χ4v) is 5.25. The normalized spacial score (nSPS) is 21.1. The van der Waals surface area contributed by atoms with Gasteiger partial charge >= 0.3 is 6.36 Å². The Hall–Kier alpha value is -2.30. The molecule has 0 unspecified atom stereocenters. The molecule has 5 heteroatoms. The minimum atomic E-state index is -4.89. The highest BCUT2D eigenvalue weighted by atomic mass is 19.4. The summed E-state index contributed by atoms with van der Waals surface area (Å²) < 4.78 is 55.1. The average molecular weight is 433 g/mol. The first-order valence-corrected chi connectivity index (χ1v) is 11.1. The van der Waals surface area contributed by atoms with E-state index in [0.29, 0.717) is 0 Å². The first-order chi connectivity index (χ1) is 14.8. The van der Waals surface area contributed by atoms with Crippen LogP contribution in [-0.2, 0) is 25.7 Å². The lowest BCUT2D eigenvalue weighted by atomic mass is 9.73. The van der Waals surface area contributed by atoms with Crippen molar-refractivity contribution in [3.63, 3.8) is 0 Å². The summed E-state index contributed by atoms with van der Waals surface area (Å²) in [5.41, 5.74) is 6.49. The van der Waals surface area contributed by atoms with Crippen LogP contribution in [-0.4, -0.2) is 6.36 Å². The summed E-state index contributed by atoms with van der Waals surface area (Å²) in [6.07, 6.45) is 7.98. The van der Waals surface area contributed by atoms with Crippen LogP contribution in [0.3, 0.4) is 0 Å². The molecule has 0 aliphatic heterocycles. The molecule has 0 saturated heterocycles. The van der Waals surface area contributed by atoms with Gasteiger partial charge in [-0.2, -0.15) is 0 Å². The molecule has 0 saturated carbocycles. The number of rotatable bonds is 5. The molecule has 0 fully saturated rings. The number of fused-ring (bicyclic) bond motifs is 3. The Morgan fingerprint density at radius 1 is 1.00 bits per heavy atom. The summed E-state index contributed by atoms with van der Waals surface area (Å²) in [6, 6.07) is 8.33. The summed E-state index contributed by atoms with van der Waals surface area (Å²) >= 11 is 0. The lowest BCUT2D eigenvalue weighted by molar-refractivity contribution is -0.275. The lowest BCUT2D eigenvalue weighted by Crippen LogP contribution is -2.21. The van der Waals surface area contributed by atoms with Gasteiger partial charge in [-0.15, -0.1) is 13.2 Å². The number of halogens is 4. The van der Waals surface area contributed by atoms with Gasteiger partial charge in [0, 0.05) is 0 Å². The molecule has 2 aromatic rings. The van der Waals surface area contributed by atoms with Gasteiger partial charge in [0.15, 0.2) is 11.6 Å². The molecule has 166 valence electrons. The predicted octanol–water partition coefficient (Wildman–Crippen LogP) is 7.46. The molecule has 2 aliphatic rings. The van der Waals surface area contributed by atoms with E-state index in [-0.39, 0.29) is 5.92 Å². The van der Waals surface area contributed by atoms with E-state index in [0.717, 1.165) is 56.1 Å². The third-order valence-electron chi connectivity index (χ3n) is 6.78. The van der Waals surface area contributed by atoms with Crippen LogP contribution in [0.2, 0.25) is 0 Å². The molecule has 0 spiro atoms. The van der Waals surface area contributed by atoms with Gasteiger partial charge < -0.3 is 4.74 Å². The van der Waals surface area contributed by atoms with E-state index < -0.39 is 17.9 Å². The summed E-state index contributed by atoms with van der Waals surface area (Å²) in [6.45, 7) is 2.06. The van der Waals surface area contributed by atoms with Crippen molar-refractivity contribution in [2.45, 2.75) is 70.6 Å². The predicted molar refractivity (Wildman–Crippen MR) is 114 cm³/mol. The van der Waals surface area contributed by atoms with Gasteiger partial charge in [-0.1, -0.05) is 30.4 Å². The van der Waals surface area contributed by atoms with Gasteiger partial charge in [0.1, 0.15) is 0 Å². The van der Waals surface area contributed by atoms with Crippen molar-refractivity contribution < 1.29 is 22.3 Å². The number of benzene rings is 2. The van der Waals surface area contributed by atoms with Crippen LogP contribution in [0.25, 0.3) is 0 Å². The van der Waals surface area contributed by atoms with Crippen molar-refractivity contribution >= 4 is 0 Å². The summed E-state index contributed by atoms with van der Waals surface area (Å²) in [4.78, 5) is 0. The zero-order chi connectivity index (χ0) is 22.0. The van der Waals surface area contributed by atoms with Crippen molar-refractivity contribution in [1.82, 2.24) is 0 Å². The average Bonchev–Trinajstić information content (AvgIpc) is 2.74. The number of ether oxygens (including phenoxy) is 1. The molecule has 2 atom stereocenters. The first kappa shape index (κ1) is 21.9. The monoisotopic (exact) mass is 432 g/mol. The highest BCUT2D eigenvalue weighted by Crippen LogP contribution is 2.39. The highest BCUT2D eigenvalue weighted by molar-refractivity contribution is 5.46. The maximum atomic E-state index is 14.2. The van der Waals surface area contributed by atoms with E-state index in [9.17, 15) is 17.6 Å². The molecule has 0 N–H and O–H groups in total. The smallest absolute Gasteiger partial charge is 0.403 e. The lowest BCUT2D eigenvalue weighted by Gasteiger charge is -2.32. The number of hydrogen-bond acceptors (Lipinski definition) is 1. The maximum Gasteiger partial charge on any atom is 0.573 e. The Bertz CT molecular complexity index is 961. The highest BCUT2D eigenvalue weighted by Gasteiger charge is 2.33. The topological polar surface area (TPSA) is 9.23 Å². The van der Waals surface area contributed by atoms with Crippen LogP contribution >= 0.6 is 0 Å². The van der Waals surface area contributed by atoms with E-state index in [1.54, 1.807) is 6.07 Å². The Balaban J connectivity index is 1.47. The molecule has 31 heavy (non-hydrogen) atoms. The van der Waals surface area contributed by atoms with Gasteiger partial charge in [0.25, 0.3) is 0 Å². The van der Waals surface area contributed by atoms with E-state index in [1.807, 2.05) is 0 Å². The molecule has 4 rings (SSSR count). The van der Waals surface area contributed by atoms with Crippen molar-refractivity contribution in [3.8, 4) is 5.75 Å². The fourth-order valence-electron chi connectivity index (χ4n) is 5.25. The summed E-state index contributed by atoms with van der Waals surface area (Å²) in [7, 11) is 0. The molecule has 0 radical (unpaired) electrons. The Morgan fingerprint density at radius 2 is 1.71 bits per heavy atom. The van der Waals surface area contributed by atoms with E-state index in [1.165, 1.54) is 41.2 Å². The molecule has 0 amide bonds. The van der Waals surface area contributed by atoms with Crippen LogP contribution in [0.1, 0.15) is 66.3 Å². The molecule has 2 aromatic carbocycles. The van der Waals surface area contributed by atoms with Gasteiger partial charge in [0.05, 0.1) is 0 Å². The fraction of sp³-hybridized carbons (Fsp3) is 0.462. The third kappa shape index (κ3) is 5.13. The largest absolute Gasteiger partial charge is 0.573 e. The van der Waals surface area contributed by atoms with Crippen molar-refractivity contribution in [1.29, 1.82) is 0 Å². The maximum absolute atomic E-state index is 14.2. The van der Waals surface area contributed by atoms with Crippen LogP contribution in [0.4, 0.5) is 17.6 Å². The molecule has 0 bridgehead atoms. The summed E-state index contributed by atoms with van der Waals surface area (Å²) in [5.74, 6) is -0.879. The number of alkyl halides is 3. The molecule has 2 aliphatic carbocycles. The number of allylic oxidation sites excluding steroid dienone is 2. The van der Waals surface area contributed by atoms with Crippen molar-refractivity contribution in [3.05, 3.63) is 76.1 Å². The number of hydrogen-bond donors (Lipinski definition) is 0. The van der Waals surface area contributed by atoms with Gasteiger partial charge in [-0.3, -0.25) is 0 Å². The molecular weight excluding hydrogens is 404 g/mol. The second-order valence-corrected chi connectivity index (χ2v) is 8.77. The standard InChI is InChI=1S/C26H28F4O/c1-2-3-4-5-17-6-11-22-20(14-17)7-8-21-15-18(9-12-23(21)22)19-10-13-25(24(27)16-19)31-26(28,29)30/h2-3,7-8,10,13,16-18H,4-6,9,11-12,14-15H2,1H3/b3-2+/t17-,18-/m0/s1. The van der Waals surface area contributed by atoms with Gasteiger partial charge in [-0.25, -0.2) is 4.39 Å². The Kier molecular flexibility index (Phi) is 6.40. The van der Waals surface area contributed by atoms with Gasteiger partial charge in [0.2, 0.25) is 0 Å². The van der Waals surface area contributed by atoms with E-state index in [4.69, 9.17) is 0 Å². The van der Waals surface area contributed by atoms with Gasteiger partial charge in [-0.05, 0) is 110 Å². The van der Waals surface area contributed by atoms with Crippen LogP contribution < -0.4 is 4.74 Å². The molecular formula is C26H28F4O. The quantitative estimate of drug-likeness (QED) is 0.352. The third-order valence-corrected chi connectivity index (χ3v) is 6.78. The first-order valence-electron chi connectivity index (χ1n) is 11.1. The zero-order valence-corrected chi connectivity index (χ0v) is 17.8. The van der Waals surface area contributed by atoms with Crippen LogP contribution in [0.15, 0.2) is 42.5 Å². The summed E-state index contributed by atoms with van der Waals surface area (Å²) in [5, 5.41) is 0. The Labute approximate surface area is 181 Å². The minimum Gasteiger partial charge on any atom is -0.403 e. The molecule has 1 nitrogen and oxygen atoms in total.